The minimum Gasteiger partial charge on any atom is -0.337 e. The molecule has 4 rings (SSSR count). The molecule has 2 aromatic rings. The smallest absolute Gasteiger partial charge is 0.337 e. The number of halogens is 6. The van der Waals surface area contributed by atoms with Crippen LogP contribution in [-0.4, -0.2) is 39.2 Å². The van der Waals surface area contributed by atoms with Crippen LogP contribution < -0.4 is 4.72 Å². The molecule has 11 heteroatoms. The lowest BCUT2D eigenvalue weighted by Crippen LogP contribution is -2.50. The number of hydrogen-bond donors (Lipinski definition) is 1. The Kier molecular flexibility index (Phi) is 7.04. The average molecular weight is 504 g/mol. The zero-order valence-corrected chi connectivity index (χ0v) is 18.7. The van der Waals surface area contributed by atoms with Crippen LogP contribution in [0.3, 0.4) is 0 Å². The molecule has 0 radical (unpaired) electrons. The maximum absolute atomic E-state index is 15.4. The number of likely N-dealkylation sites (tertiary alicyclic amines) is 1. The summed E-state index contributed by atoms with van der Waals surface area (Å²) in [7, 11) is -3.34. The van der Waals surface area contributed by atoms with Crippen LogP contribution in [0.2, 0.25) is 0 Å². The van der Waals surface area contributed by atoms with Crippen LogP contribution >= 0.6 is 0 Å². The van der Waals surface area contributed by atoms with Crippen molar-refractivity contribution in [2.75, 3.05) is 6.54 Å². The molecule has 2 aromatic carbocycles. The molecular formula is C23H22F6N2O2S. The van der Waals surface area contributed by atoms with Gasteiger partial charge in [0.1, 0.15) is 17.5 Å². The number of benzene rings is 2. The van der Waals surface area contributed by atoms with Crippen LogP contribution in [0.1, 0.15) is 31.2 Å². The number of hydrogen-bond acceptors (Lipinski definition) is 2. The molecule has 0 aromatic heterocycles. The first-order valence-electron chi connectivity index (χ1n) is 10.8. The van der Waals surface area contributed by atoms with E-state index in [-0.39, 0.29) is 47.9 Å². The summed E-state index contributed by atoms with van der Waals surface area (Å²) in [5.41, 5.74) is -5.01. The lowest BCUT2D eigenvalue weighted by atomic mass is 9.84. The van der Waals surface area contributed by atoms with Crippen LogP contribution in [-0.2, 0) is 22.2 Å². The Balaban J connectivity index is 1.64. The lowest BCUT2D eigenvalue weighted by Gasteiger charge is -2.34. The average Bonchev–Trinajstić information content (AvgIpc) is 3.09. The topological polar surface area (TPSA) is 49.4 Å². The summed E-state index contributed by atoms with van der Waals surface area (Å²) in [6, 6.07) is 5.00. The molecule has 1 saturated heterocycles. The number of amides is 1. The summed E-state index contributed by atoms with van der Waals surface area (Å²) in [4.78, 5) is 14.4. The van der Waals surface area contributed by atoms with Crippen molar-refractivity contribution in [2.45, 2.75) is 49.7 Å². The van der Waals surface area contributed by atoms with Gasteiger partial charge in [0.05, 0.1) is 6.04 Å². The molecule has 1 amide bonds. The first kappa shape index (κ1) is 24.7. The Bertz CT molecular complexity index is 1090. The van der Waals surface area contributed by atoms with Crippen LogP contribution in [0.4, 0.5) is 26.3 Å². The van der Waals surface area contributed by atoms with Gasteiger partial charge in [-0.2, -0.15) is 13.2 Å². The molecule has 4 nitrogen and oxygen atoms in total. The predicted molar refractivity (Wildman–Crippen MR) is 114 cm³/mol. The van der Waals surface area contributed by atoms with E-state index in [4.69, 9.17) is 0 Å². The van der Waals surface area contributed by atoms with Gasteiger partial charge in [0.15, 0.2) is 11.0 Å². The van der Waals surface area contributed by atoms with E-state index in [9.17, 15) is 31.0 Å². The van der Waals surface area contributed by atoms with Crippen molar-refractivity contribution in [3.05, 3.63) is 59.4 Å². The fourth-order valence-corrected chi connectivity index (χ4v) is 5.19. The standard InChI is InChI=1S/C23H22F6N2O2S/c24-16-9-15(10-17(25)12-16)18-6-2-5-14(21(18)26)11-20-19(30-34(33)23(27,28)29)7-8-31(20)22(32)13-3-1-4-13/h2,5-6,9-10,12-13,19-20,30H,1,3-4,7-8,11H2. The molecule has 34 heavy (non-hydrogen) atoms. The number of nitrogens with one attached hydrogen (secondary N) is 1. The maximum Gasteiger partial charge on any atom is 0.485 e. The van der Waals surface area contributed by atoms with Gasteiger partial charge in [0.2, 0.25) is 5.91 Å². The van der Waals surface area contributed by atoms with Crippen molar-refractivity contribution in [1.82, 2.24) is 9.62 Å². The number of rotatable bonds is 6. The summed E-state index contributed by atoms with van der Waals surface area (Å²) >= 11 is 0. The number of alkyl halides is 3. The first-order chi connectivity index (χ1) is 16.0. The van der Waals surface area contributed by atoms with Crippen molar-refractivity contribution in [2.24, 2.45) is 5.92 Å². The molecule has 1 aliphatic carbocycles. The van der Waals surface area contributed by atoms with E-state index in [0.717, 1.165) is 18.6 Å². The van der Waals surface area contributed by atoms with Gasteiger partial charge in [-0.25, -0.2) is 22.1 Å². The van der Waals surface area contributed by atoms with Crippen molar-refractivity contribution < 1.29 is 35.3 Å². The van der Waals surface area contributed by atoms with Gasteiger partial charge >= 0.3 is 5.51 Å². The van der Waals surface area contributed by atoms with Gasteiger partial charge in [0.25, 0.3) is 0 Å². The number of carbonyl (C=O) groups excluding carboxylic acids is 1. The third-order valence-corrected chi connectivity index (χ3v) is 7.37. The Hall–Kier alpha value is -2.40. The minimum atomic E-state index is -4.98. The molecule has 0 bridgehead atoms. The first-order valence-corrected chi connectivity index (χ1v) is 12.0. The van der Waals surface area contributed by atoms with E-state index in [2.05, 4.69) is 4.72 Å². The van der Waals surface area contributed by atoms with E-state index in [1.807, 2.05) is 0 Å². The molecule has 1 saturated carbocycles. The normalized spacial score (nSPS) is 22.0. The van der Waals surface area contributed by atoms with Gasteiger partial charge in [-0.05, 0) is 48.9 Å². The molecular weight excluding hydrogens is 482 g/mol. The second-order valence-corrected chi connectivity index (χ2v) is 9.83. The van der Waals surface area contributed by atoms with Crippen LogP contribution in [0, 0.1) is 23.4 Å². The van der Waals surface area contributed by atoms with E-state index < -0.39 is 46.0 Å². The summed E-state index contributed by atoms with van der Waals surface area (Å²) in [6.45, 7) is 0.156. The largest absolute Gasteiger partial charge is 0.485 e. The van der Waals surface area contributed by atoms with E-state index in [1.54, 1.807) is 0 Å². The van der Waals surface area contributed by atoms with Crippen LogP contribution in [0.25, 0.3) is 11.1 Å². The van der Waals surface area contributed by atoms with Crippen LogP contribution in [0.15, 0.2) is 36.4 Å². The third-order valence-electron chi connectivity index (χ3n) is 6.43. The Morgan fingerprint density at radius 1 is 1.06 bits per heavy atom. The molecule has 3 unspecified atom stereocenters. The van der Waals surface area contributed by atoms with Gasteiger partial charge in [0, 0.05) is 30.1 Å². The molecule has 1 N–H and O–H groups in total. The highest BCUT2D eigenvalue weighted by Crippen LogP contribution is 2.34. The molecule has 0 spiro atoms. The molecule has 1 heterocycles. The van der Waals surface area contributed by atoms with Gasteiger partial charge in [-0.15, -0.1) is 0 Å². The van der Waals surface area contributed by atoms with Gasteiger partial charge in [-0.1, -0.05) is 24.6 Å². The minimum absolute atomic E-state index is 0.0291. The van der Waals surface area contributed by atoms with Crippen molar-refractivity contribution in [3.63, 3.8) is 0 Å². The molecule has 2 aliphatic rings. The van der Waals surface area contributed by atoms with E-state index >= 15 is 4.39 Å². The Morgan fingerprint density at radius 3 is 2.32 bits per heavy atom. The highest BCUT2D eigenvalue weighted by molar-refractivity contribution is 7.83. The second-order valence-electron chi connectivity index (χ2n) is 8.60. The summed E-state index contributed by atoms with van der Waals surface area (Å²) in [5.74, 6) is -2.98. The SMILES string of the molecule is O=C(C1CCC1)N1CCC(NS(=O)C(F)(F)F)C1Cc1cccc(-c2cc(F)cc(F)c2)c1F. The summed E-state index contributed by atoms with van der Waals surface area (Å²) < 4.78 is 95.2. The highest BCUT2D eigenvalue weighted by Gasteiger charge is 2.45. The summed E-state index contributed by atoms with van der Waals surface area (Å²) in [5, 5.41) is 0. The van der Waals surface area contributed by atoms with Gasteiger partial charge in [-0.3, -0.25) is 4.79 Å². The zero-order chi connectivity index (χ0) is 24.6. The summed E-state index contributed by atoms with van der Waals surface area (Å²) in [6.07, 6.45) is 2.23. The third kappa shape index (κ3) is 5.14. The van der Waals surface area contributed by atoms with Crippen molar-refractivity contribution in [3.8, 4) is 11.1 Å². The molecule has 2 fully saturated rings. The lowest BCUT2D eigenvalue weighted by molar-refractivity contribution is -0.139. The van der Waals surface area contributed by atoms with Crippen molar-refractivity contribution >= 4 is 16.9 Å². The Morgan fingerprint density at radius 2 is 1.74 bits per heavy atom. The monoisotopic (exact) mass is 504 g/mol. The highest BCUT2D eigenvalue weighted by atomic mass is 32.2. The molecule has 1 aliphatic heterocycles. The van der Waals surface area contributed by atoms with Crippen LogP contribution in [0.5, 0.6) is 0 Å². The van der Waals surface area contributed by atoms with Gasteiger partial charge < -0.3 is 4.90 Å². The van der Waals surface area contributed by atoms with E-state index in [1.165, 1.54) is 23.1 Å². The maximum atomic E-state index is 15.4. The Labute approximate surface area is 194 Å². The zero-order valence-electron chi connectivity index (χ0n) is 17.9. The number of nitrogens with zero attached hydrogens (tertiary/aromatic N) is 1. The fraction of sp³-hybridized carbons (Fsp3) is 0.435. The molecule has 3 atom stereocenters. The molecule has 184 valence electrons. The van der Waals surface area contributed by atoms with E-state index in [0.29, 0.717) is 18.9 Å². The quantitative estimate of drug-likeness (QED) is 0.572. The fourth-order valence-electron chi connectivity index (χ4n) is 4.51. The predicted octanol–water partition coefficient (Wildman–Crippen LogP) is 4.86. The van der Waals surface area contributed by atoms with Crippen molar-refractivity contribution in [1.29, 1.82) is 0 Å². The number of carbonyl (C=O) groups is 1. The second kappa shape index (κ2) is 9.69.